The standard InChI is InChI=1S/C17H13ClF3N5OS/c1-10(15(27)22-14-5-3-2-4-13(14)17(19,20)21)28-16-23-24-25-26(16)12-8-6-11(18)7-9-12/h2-10H,1H3,(H,22,27)/t10-/m0/s1. The highest BCUT2D eigenvalue weighted by Gasteiger charge is 2.34. The number of carbonyl (C=O) groups is 1. The van der Waals surface area contributed by atoms with E-state index in [4.69, 9.17) is 11.6 Å². The molecule has 0 unspecified atom stereocenters. The van der Waals surface area contributed by atoms with Gasteiger partial charge in [-0.3, -0.25) is 4.79 Å². The Balaban J connectivity index is 1.75. The number of nitrogens with zero attached hydrogens (tertiary/aromatic N) is 4. The number of halogens is 4. The highest BCUT2D eigenvalue weighted by atomic mass is 35.5. The Hall–Kier alpha value is -2.59. The Morgan fingerprint density at radius 2 is 1.86 bits per heavy atom. The van der Waals surface area contributed by atoms with Crippen molar-refractivity contribution in [1.82, 2.24) is 20.2 Å². The van der Waals surface area contributed by atoms with Gasteiger partial charge in [-0.1, -0.05) is 35.5 Å². The third kappa shape index (κ3) is 4.63. The second-order valence-corrected chi connectivity index (χ2v) is 7.39. The Bertz CT molecular complexity index is 977. The molecule has 28 heavy (non-hydrogen) atoms. The van der Waals surface area contributed by atoms with Crippen LogP contribution >= 0.6 is 23.4 Å². The molecule has 0 fully saturated rings. The van der Waals surface area contributed by atoms with Crippen molar-refractivity contribution in [2.75, 3.05) is 5.32 Å². The van der Waals surface area contributed by atoms with Crippen LogP contribution < -0.4 is 5.32 Å². The molecule has 0 saturated carbocycles. The molecular weight excluding hydrogens is 415 g/mol. The van der Waals surface area contributed by atoms with E-state index in [1.165, 1.54) is 22.9 Å². The molecule has 11 heteroatoms. The van der Waals surface area contributed by atoms with Gasteiger partial charge in [-0.05, 0) is 53.7 Å². The summed E-state index contributed by atoms with van der Waals surface area (Å²) in [6.07, 6.45) is -4.57. The van der Waals surface area contributed by atoms with Crippen LogP contribution in [-0.4, -0.2) is 31.4 Å². The Labute approximate surface area is 167 Å². The van der Waals surface area contributed by atoms with Crippen molar-refractivity contribution in [2.24, 2.45) is 0 Å². The van der Waals surface area contributed by atoms with Crippen LogP contribution in [0.2, 0.25) is 5.02 Å². The first kappa shape index (κ1) is 20.2. The summed E-state index contributed by atoms with van der Waals surface area (Å²) in [7, 11) is 0. The zero-order chi connectivity index (χ0) is 20.3. The zero-order valence-electron chi connectivity index (χ0n) is 14.3. The Kier molecular flexibility index (Phi) is 5.90. The largest absolute Gasteiger partial charge is 0.418 e. The maximum atomic E-state index is 13.1. The lowest BCUT2D eigenvalue weighted by atomic mass is 10.1. The minimum atomic E-state index is -4.57. The highest BCUT2D eigenvalue weighted by molar-refractivity contribution is 8.00. The predicted molar refractivity (Wildman–Crippen MR) is 99.6 cm³/mol. The van der Waals surface area contributed by atoms with Crippen LogP contribution in [0.4, 0.5) is 18.9 Å². The molecule has 1 heterocycles. The van der Waals surface area contributed by atoms with Gasteiger partial charge in [0.2, 0.25) is 11.1 Å². The van der Waals surface area contributed by atoms with E-state index in [-0.39, 0.29) is 5.69 Å². The summed E-state index contributed by atoms with van der Waals surface area (Å²) >= 11 is 6.88. The van der Waals surface area contributed by atoms with Gasteiger partial charge in [0.25, 0.3) is 0 Å². The molecule has 0 saturated heterocycles. The quantitative estimate of drug-likeness (QED) is 0.609. The molecule has 3 rings (SSSR count). The lowest BCUT2D eigenvalue weighted by Crippen LogP contribution is -2.24. The normalized spacial score (nSPS) is 12.6. The second kappa shape index (κ2) is 8.19. The number of hydrogen-bond donors (Lipinski definition) is 1. The van der Waals surface area contributed by atoms with Crippen LogP contribution in [0.5, 0.6) is 0 Å². The van der Waals surface area contributed by atoms with E-state index < -0.39 is 22.9 Å². The summed E-state index contributed by atoms with van der Waals surface area (Å²) in [6, 6.07) is 11.5. The molecule has 2 aromatic carbocycles. The summed E-state index contributed by atoms with van der Waals surface area (Å²) < 4.78 is 40.6. The van der Waals surface area contributed by atoms with E-state index in [0.717, 1.165) is 17.8 Å². The van der Waals surface area contributed by atoms with Crippen molar-refractivity contribution in [3.8, 4) is 5.69 Å². The van der Waals surface area contributed by atoms with Crippen molar-refractivity contribution >= 4 is 35.0 Å². The van der Waals surface area contributed by atoms with E-state index in [2.05, 4.69) is 20.8 Å². The number of carbonyl (C=O) groups excluding carboxylic acids is 1. The van der Waals surface area contributed by atoms with Gasteiger partial charge < -0.3 is 5.32 Å². The average molecular weight is 428 g/mol. The van der Waals surface area contributed by atoms with E-state index >= 15 is 0 Å². The number of aromatic nitrogens is 4. The monoisotopic (exact) mass is 427 g/mol. The zero-order valence-corrected chi connectivity index (χ0v) is 15.9. The molecule has 0 aliphatic carbocycles. The minimum Gasteiger partial charge on any atom is -0.325 e. The van der Waals surface area contributed by atoms with Gasteiger partial charge in [-0.25, -0.2) is 0 Å². The van der Waals surface area contributed by atoms with Crippen LogP contribution in [0.25, 0.3) is 5.69 Å². The molecule has 1 atom stereocenters. The van der Waals surface area contributed by atoms with Crippen LogP contribution in [-0.2, 0) is 11.0 Å². The number of anilines is 1. The van der Waals surface area contributed by atoms with E-state index in [0.29, 0.717) is 15.9 Å². The van der Waals surface area contributed by atoms with Gasteiger partial charge in [0.1, 0.15) is 0 Å². The number of hydrogen-bond acceptors (Lipinski definition) is 5. The summed E-state index contributed by atoms with van der Waals surface area (Å²) in [6.45, 7) is 1.55. The number of amides is 1. The van der Waals surface area contributed by atoms with Crippen LogP contribution in [0.15, 0.2) is 53.7 Å². The van der Waals surface area contributed by atoms with E-state index in [1.54, 1.807) is 31.2 Å². The topological polar surface area (TPSA) is 72.7 Å². The molecule has 0 aliphatic heterocycles. The molecule has 0 bridgehead atoms. The number of nitrogens with one attached hydrogen (secondary N) is 1. The molecule has 1 amide bonds. The molecule has 1 aromatic heterocycles. The maximum Gasteiger partial charge on any atom is 0.418 e. The molecule has 6 nitrogen and oxygen atoms in total. The van der Waals surface area contributed by atoms with Crippen molar-refractivity contribution in [3.63, 3.8) is 0 Å². The average Bonchev–Trinajstić information content (AvgIpc) is 3.10. The van der Waals surface area contributed by atoms with Gasteiger partial charge in [-0.15, -0.1) is 5.10 Å². The van der Waals surface area contributed by atoms with Crippen molar-refractivity contribution in [3.05, 3.63) is 59.1 Å². The van der Waals surface area contributed by atoms with Crippen LogP contribution in [0.1, 0.15) is 12.5 Å². The fourth-order valence-corrected chi connectivity index (χ4v) is 3.22. The number of alkyl halides is 3. The summed E-state index contributed by atoms with van der Waals surface area (Å²) in [5.41, 5.74) is -0.580. The lowest BCUT2D eigenvalue weighted by Gasteiger charge is -2.16. The number of benzene rings is 2. The molecule has 146 valence electrons. The van der Waals surface area contributed by atoms with Gasteiger partial charge >= 0.3 is 6.18 Å². The maximum absolute atomic E-state index is 13.1. The van der Waals surface area contributed by atoms with Crippen molar-refractivity contribution < 1.29 is 18.0 Å². The molecule has 0 aliphatic rings. The molecule has 0 spiro atoms. The van der Waals surface area contributed by atoms with Crippen LogP contribution in [0.3, 0.4) is 0 Å². The smallest absolute Gasteiger partial charge is 0.325 e. The first-order valence-corrected chi connectivity index (χ1v) is 9.19. The molecule has 3 aromatic rings. The summed E-state index contributed by atoms with van der Waals surface area (Å²) in [5, 5.41) is 13.8. The third-order valence-electron chi connectivity index (χ3n) is 3.65. The SMILES string of the molecule is C[C@H](Sc1nnnn1-c1ccc(Cl)cc1)C(=O)Nc1ccccc1C(F)(F)F. The first-order chi connectivity index (χ1) is 13.3. The summed E-state index contributed by atoms with van der Waals surface area (Å²) in [5.74, 6) is -0.604. The number of thioether (sulfide) groups is 1. The fourth-order valence-electron chi connectivity index (χ4n) is 2.28. The first-order valence-electron chi connectivity index (χ1n) is 7.94. The van der Waals surface area contributed by atoms with Crippen molar-refractivity contribution in [1.29, 1.82) is 0 Å². The number of rotatable bonds is 5. The molecular formula is C17H13ClF3N5OS. The Morgan fingerprint density at radius 1 is 1.18 bits per heavy atom. The summed E-state index contributed by atoms with van der Waals surface area (Å²) in [4.78, 5) is 12.4. The Morgan fingerprint density at radius 3 is 2.54 bits per heavy atom. The van der Waals surface area contributed by atoms with E-state index in [1.807, 2.05) is 0 Å². The fraction of sp³-hybridized carbons (Fsp3) is 0.176. The molecule has 1 N–H and O–H groups in total. The van der Waals surface area contributed by atoms with E-state index in [9.17, 15) is 18.0 Å². The lowest BCUT2D eigenvalue weighted by molar-refractivity contribution is -0.137. The van der Waals surface area contributed by atoms with Crippen molar-refractivity contribution in [2.45, 2.75) is 23.5 Å². The predicted octanol–water partition coefficient (Wildman–Crippen LogP) is 4.45. The third-order valence-corrected chi connectivity index (χ3v) is 4.94. The van der Waals surface area contributed by atoms with Gasteiger partial charge in [0.15, 0.2) is 0 Å². The molecule has 0 radical (unpaired) electrons. The minimum absolute atomic E-state index is 0.301. The van der Waals surface area contributed by atoms with Gasteiger partial charge in [0, 0.05) is 5.02 Å². The van der Waals surface area contributed by atoms with Crippen LogP contribution in [0, 0.1) is 0 Å². The number of tetrazole rings is 1. The highest BCUT2D eigenvalue weighted by Crippen LogP contribution is 2.35. The van der Waals surface area contributed by atoms with Gasteiger partial charge in [0.05, 0.1) is 22.2 Å². The second-order valence-electron chi connectivity index (χ2n) is 5.64. The van der Waals surface area contributed by atoms with Gasteiger partial charge in [-0.2, -0.15) is 17.9 Å². The number of para-hydroxylation sites is 1.